The van der Waals surface area contributed by atoms with Crippen LogP contribution in [0.3, 0.4) is 0 Å². The van der Waals surface area contributed by atoms with Gasteiger partial charge in [-0.3, -0.25) is 14.8 Å². The molecule has 6 nitrogen and oxygen atoms in total. The fourth-order valence-corrected chi connectivity index (χ4v) is 3.93. The molecule has 0 bridgehead atoms. The SMILES string of the molecule is Cc1ccccc1CN1CCC(NC(=O)c2n[nH]c3c2CNCC3)CC1.Cl. The maximum Gasteiger partial charge on any atom is 0.272 e. The van der Waals surface area contributed by atoms with Crippen molar-refractivity contribution in [1.82, 2.24) is 25.7 Å². The van der Waals surface area contributed by atoms with E-state index in [2.05, 4.69) is 56.9 Å². The number of nitrogens with one attached hydrogen (secondary N) is 3. The predicted octanol–water partition coefficient (Wildman–Crippen LogP) is 2.18. The van der Waals surface area contributed by atoms with Crippen LogP contribution in [0.25, 0.3) is 0 Å². The van der Waals surface area contributed by atoms with Crippen LogP contribution in [-0.2, 0) is 19.5 Å². The van der Waals surface area contributed by atoms with Gasteiger partial charge in [0.15, 0.2) is 5.69 Å². The molecule has 7 heteroatoms. The van der Waals surface area contributed by atoms with Gasteiger partial charge in [-0.15, -0.1) is 12.4 Å². The highest BCUT2D eigenvalue weighted by atomic mass is 35.5. The van der Waals surface area contributed by atoms with E-state index in [0.717, 1.165) is 63.2 Å². The number of aromatic amines is 1. The maximum absolute atomic E-state index is 12.6. The normalized spacial score (nSPS) is 17.8. The van der Waals surface area contributed by atoms with Crippen LogP contribution in [0.4, 0.5) is 0 Å². The highest BCUT2D eigenvalue weighted by Gasteiger charge is 2.25. The van der Waals surface area contributed by atoms with Gasteiger partial charge in [0.1, 0.15) is 0 Å². The van der Waals surface area contributed by atoms with E-state index < -0.39 is 0 Å². The summed E-state index contributed by atoms with van der Waals surface area (Å²) in [5.41, 5.74) is 5.44. The fourth-order valence-electron chi connectivity index (χ4n) is 3.93. The molecular formula is C20H28ClN5O. The van der Waals surface area contributed by atoms with Gasteiger partial charge in [0.25, 0.3) is 5.91 Å². The van der Waals surface area contributed by atoms with Crippen molar-refractivity contribution in [2.45, 2.75) is 45.3 Å². The minimum absolute atomic E-state index is 0. The van der Waals surface area contributed by atoms with Crippen molar-refractivity contribution in [2.24, 2.45) is 0 Å². The molecule has 1 saturated heterocycles. The van der Waals surface area contributed by atoms with E-state index >= 15 is 0 Å². The Morgan fingerprint density at radius 1 is 1.30 bits per heavy atom. The van der Waals surface area contributed by atoms with Gasteiger partial charge in [0.05, 0.1) is 0 Å². The van der Waals surface area contributed by atoms with Crippen LogP contribution in [0.5, 0.6) is 0 Å². The van der Waals surface area contributed by atoms with Crippen molar-refractivity contribution < 1.29 is 4.79 Å². The molecule has 0 spiro atoms. The van der Waals surface area contributed by atoms with Crippen molar-refractivity contribution in [2.75, 3.05) is 19.6 Å². The number of hydrogen-bond acceptors (Lipinski definition) is 4. The Morgan fingerprint density at radius 3 is 2.85 bits per heavy atom. The monoisotopic (exact) mass is 389 g/mol. The summed E-state index contributed by atoms with van der Waals surface area (Å²) in [6.45, 7) is 6.85. The van der Waals surface area contributed by atoms with Crippen LogP contribution >= 0.6 is 12.4 Å². The molecule has 0 aliphatic carbocycles. The lowest BCUT2D eigenvalue weighted by Crippen LogP contribution is -2.44. The van der Waals surface area contributed by atoms with Crippen molar-refractivity contribution in [3.05, 3.63) is 52.3 Å². The summed E-state index contributed by atoms with van der Waals surface area (Å²) in [6.07, 6.45) is 2.89. The minimum atomic E-state index is -0.0384. The molecule has 1 amide bonds. The Balaban J connectivity index is 0.00000210. The number of H-pyrrole nitrogens is 1. The molecular weight excluding hydrogens is 362 g/mol. The first-order valence-electron chi connectivity index (χ1n) is 9.55. The highest BCUT2D eigenvalue weighted by Crippen LogP contribution is 2.18. The number of piperidine rings is 1. The number of likely N-dealkylation sites (tertiary alicyclic amines) is 1. The van der Waals surface area contributed by atoms with Crippen LogP contribution in [0.2, 0.25) is 0 Å². The molecule has 3 N–H and O–H groups in total. The van der Waals surface area contributed by atoms with E-state index in [1.54, 1.807) is 0 Å². The summed E-state index contributed by atoms with van der Waals surface area (Å²) in [5, 5.41) is 13.8. The third kappa shape index (κ3) is 4.51. The van der Waals surface area contributed by atoms with Gasteiger partial charge >= 0.3 is 0 Å². The number of aromatic nitrogens is 2. The molecule has 2 aliphatic heterocycles. The average Bonchev–Trinajstić information content (AvgIpc) is 3.09. The summed E-state index contributed by atoms with van der Waals surface area (Å²) < 4.78 is 0. The van der Waals surface area contributed by atoms with Crippen molar-refractivity contribution >= 4 is 18.3 Å². The minimum Gasteiger partial charge on any atom is -0.348 e. The number of nitrogens with zero attached hydrogens (tertiary/aromatic N) is 2. The summed E-state index contributed by atoms with van der Waals surface area (Å²) in [7, 11) is 0. The number of halogens is 1. The van der Waals surface area contributed by atoms with Crippen LogP contribution in [-0.4, -0.2) is 46.7 Å². The van der Waals surface area contributed by atoms with Gasteiger partial charge in [-0.05, 0) is 30.9 Å². The molecule has 0 atom stereocenters. The third-order valence-electron chi connectivity index (χ3n) is 5.60. The van der Waals surface area contributed by atoms with Crippen LogP contribution in [0.1, 0.15) is 45.7 Å². The second-order valence-corrected chi connectivity index (χ2v) is 7.41. The third-order valence-corrected chi connectivity index (χ3v) is 5.60. The molecule has 2 aromatic rings. The van der Waals surface area contributed by atoms with Gasteiger partial charge < -0.3 is 10.6 Å². The number of carbonyl (C=O) groups excluding carboxylic acids is 1. The van der Waals surface area contributed by atoms with Crippen molar-refractivity contribution in [3.63, 3.8) is 0 Å². The van der Waals surface area contributed by atoms with Crippen LogP contribution in [0.15, 0.2) is 24.3 Å². The first-order valence-corrected chi connectivity index (χ1v) is 9.55. The van der Waals surface area contributed by atoms with E-state index in [9.17, 15) is 4.79 Å². The molecule has 0 unspecified atom stereocenters. The Morgan fingerprint density at radius 2 is 2.07 bits per heavy atom. The molecule has 4 rings (SSSR count). The van der Waals surface area contributed by atoms with E-state index in [1.807, 2.05) is 0 Å². The number of benzene rings is 1. The van der Waals surface area contributed by atoms with Gasteiger partial charge in [-0.2, -0.15) is 5.10 Å². The molecule has 146 valence electrons. The summed E-state index contributed by atoms with van der Waals surface area (Å²) in [6, 6.07) is 8.80. The first-order chi connectivity index (χ1) is 12.7. The van der Waals surface area contributed by atoms with Crippen LogP contribution in [0, 0.1) is 6.92 Å². The second-order valence-electron chi connectivity index (χ2n) is 7.41. The zero-order valence-electron chi connectivity index (χ0n) is 15.8. The Kier molecular flexibility index (Phi) is 6.52. The van der Waals surface area contributed by atoms with Crippen LogP contribution < -0.4 is 10.6 Å². The zero-order valence-corrected chi connectivity index (χ0v) is 16.6. The van der Waals surface area contributed by atoms with Gasteiger partial charge in [-0.25, -0.2) is 0 Å². The van der Waals surface area contributed by atoms with Gasteiger partial charge in [0, 0.05) is 56.4 Å². The topological polar surface area (TPSA) is 73.0 Å². The number of amides is 1. The molecule has 0 radical (unpaired) electrons. The largest absolute Gasteiger partial charge is 0.348 e. The highest BCUT2D eigenvalue weighted by molar-refractivity contribution is 5.94. The summed E-state index contributed by atoms with van der Waals surface area (Å²) >= 11 is 0. The Bertz CT molecular complexity index is 782. The number of fused-ring (bicyclic) bond motifs is 1. The number of aryl methyl sites for hydroxylation is 1. The van der Waals surface area contributed by atoms with E-state index in [1.165, 1.54) is 11.1 Å². The molecule has 3 heterocycles. The quantitative estimate of drug-likeness (QED) is 0.749. The van der Waals surface area contributed by atoms with E-state index in [4.69, 9.17) is 0 Å². The van der Waals surface area contributed by atoms with Crippen molar-refractivity contribution in [1.29, 1.82) is 0 Å². The average molecular weight is 390 g/mol. The molecule has 1 aromatic heterocycles. The molecule has 1 aromatic carbocycles. The van der Waals surface area contributed by atoms with Gasteiger partial charge in [-0.1, -0.05) is 24.3 Å². The van der Waals surface area contributed by atoms with Gasteiger partial charge in [0.2, 0.25) is 0 Å². The molecule has 2 aliphatic rings. The van der Waals surface area contributed by atoms with Crippen molar-refractivity contribution in [3.8, 4) is 0 Å². The second kappa shape index (κ2) is 8.87. The lowest BCUT2D eigenvalue weighted by Gasteiger charge is -2.32. The lowest BCUT2D eigenvalue weighted by molar-refractivity contribution is 0.0902. The number of rotatable bonds is 4. The molecule has 0 saturated carbocycles. The number of hydrogen-bond donors (Lipinski definition) is 3. The Labute approximate surface area is 166 Å². The summed E-state index contributed by atoms with van der Waals surface area (Å²) in [5.74, 6) is -0.0384. The Hall–Kier alpha value is -1.89. The zero-order chi connectivity index (χ0) is 17.9. The first kappa shape index (κ1) is 19.9. The lowest BCUT2D eigenvalue weighted by atomic mass is 10.0. The smallest absolute Gasteiger partial charge is 0.272 e. The molecule has 27 heavy (non-hydrogen) atoms. The van der Waals surface area contributed by atoms with E-state index in [0.29, 0.717) is 5.69 Å². The number of carbonyl (C=O) groups is 1. The maximum atomic E-state index is 12.6. The van der Waals surface area contributed by atoms with E-state index in [-0.39, 0.29) is 24.4 Å². The standard InChI is InChI=1S/C20H27N5O.ClH/c1-14-4-2-3-5-15(14)13-25-10-7-16(8-11-25)22-20(26)19-17-12-21-9-6-18(17)23-24-19;/h2-5,16,21H,6-13H2,1H3,(H,22,26)(H,23,24);1H. The fraction of sp³-hybridized carbons (Fsp3) is 0.500. The predicted molar refractivity (Wildman–Crippen MR) is 108 cm³/mol. The molecule has 1 fully saturated rings. The summed E-state index contributed by atoms with van der Waals surface area (Å²) in [4.78, 5) is 15.1.